The van der Waals surface area contributed by atoms with E-state index in [1.54, 1.807) is 0 Å². The van der Waals surface area contributed by atoms with Crippen LogP contribution >= 0.6 is 11.6 Å². The zero-order valence-corrected chi connectivity index (χ0v) is 42.5. The Kier molecular flexibility index (Phi) is 17.7. The van der Waals surface area contributed by atoms with Gasteiger partial charge in [-0.15, -0.1) is 10.2 Å². The SMILES string of the molecule is O=[N+]([O-])c1ccc(N=Nc2c(S(=O)(=O)[O-])cc3ccc(Nc4nc(Cl)nc(Nc5ccc6c(S(=O)(=O)[O-])cc(S(=O)(=O)[O-])cc6c5)n4)cc3c2O)c([N+](=O)[O-])c1.[K+].[K+].[K+]. The number of anilines is 4. The Morgan fingerprint density at radius 2 is 1.22 bits per heavy atom. The summed E-state index contributed by atoms with van der Waals surface area (Å²) >= 11 is 6.09. The van der Waals surface area contributed by atoms with Gasteiger partial charge in [0.2, 0.25) is 17.2 Å². The number of non-ortho nitro benzene ring substituents is 1. The summed E-state index contributed by atoms with van der Waals surface area (Å²) in [4.78, 5) is 29.7. The van der Waals surface area contributed by atoms with E-state index in [1.165, 1.54) is 30.3 Å². The first-order chi connectivity index (χ1) is 26.1. The van der Waals surface area contributed by atoms with Gasteiger partial charge in [-0.1, -0.05) is 12.1 Å². The maximum absolute atomic E-state index is 12.2. The Morgan fingerprint density at radius 1 is 0.627 bits per heavy atom. The Balaban J connectivity index is 0.00000310. The van der Waals surface area contributed by atoms with E-state index in [2.05, 4.69) is 35.8 Å². The van der Waals surface area contributed by atoms with E-state index >= 15 is 0 Å². The molecule has 0 aliphatic carbocycles. The molecule has 0 amide bonds. The maximum Gasteiger partial charge on any atom is 1.00 e. The molecule has 0 saturated carbocycles. The first kappa shape index (κ1) is 51.7. The number of hydrogen-bond donors (Lipinski definition) is 3. The Labute approximate surface area is 463 Å². The largest absolute Gasteiger partial charge is 1.00 e. The van der Waals surface area contributed by atoms with Crippen molar-refractivity contribution in [3.63, 3.8) is 0 Å². The summed E-state index contributed by atoms with van der Waals surface area (Å²) in [5.74, 6) is -1.40. The van der Waals surface area contributed by atoms with Crippen molar-refractivity contribution in [1.82, 2.24) is 15.0 Å². The van der Waals surface area contributed by atoms with Gasteiger partial charge in [0.15, 0.2) is 11.4 Å². The first-order valence-corrected chi connectivity index (χ1v) is 19.2. The molecular formula is C29H15ClK3N9O14S3. The zero-order chi connectivity index (χ0) is 40.9. The quantitative estimate of drug-likeness (QED) is 0.0366. The molecule has 0 aliphatic heterocycles. The van der Waals surface area contributed by atoms with E-state index < -0.39 is 83.4 Å². The number of hydrogen-bond acceptors (Lipinski definition) is 21. The van der Waals surface area contributed by atoms with Crippen LogP contribution < -0.4 is 165 Å². The van der Waals surface area contributed by atoms with Crippen LogP contribution in [0.2, 0.25) is 5.28 Å². The molecule has 0 unspecified atom stereocenters. The van der Waals surface area contributed by atoms with Gasteiger partial charge in [0.05, 0.1) is 30.6 Å². The van der Waals surface area contributed by atoms with Gasteiger partial charge in [0, 0.05) is 22.8 Å². The predicted molar refractivity (Wildman–Crippen MR) is 189 cm³/mol. The van der Waals surface area contributed by atoms with Crippen LogP contribution in [0.5, 0.6) is 5.75 Å². The van der Waals surface area contributed by atoms with Gasteiger partial charge in [-0.2, -0.15) is 15.0 Å². The van der Waals surface area contributed by atoms with Gasteiger partial charge < -0.3 is 29.4 Å². The molecule has 0 bridgehead atoms. The summed E-state index contributed by atoms with van der Waals surface area (Å²) < 4.78 is 107. The fourth-order valence-corrected chi connectivity index (χ4v) is 7.26. The average molecular weight is 962 g/mol. The molecule has 6 aromatic rings. The van der Waals surface area contributed by atoms with Gasteiger partial charge in [0.1, 0.15) is 36.0 Å². The molecule has 0 aliphatic rings. The smallest absolute Gasteiger partial charge is 0.744 e. The molecule has 0 saturated heterocycles. The Morgan fingerprint density at radius 3 is 1.78 bits per heavy atom. The maximum atomic E-state index is 12.2. The number of phenolic OH excluding ortho intramolecular Hbond substituents is 1. The summed E-state index contributed by atoms with van der Waals surface area (Å²) in [6.07, 6.45) is 0. The Bertz CT molecular complexity index is 3080. The van der Waals surface area contributed by atoms with E-state index in [0.717, 1.165) is 30.3 Å². The number of benzene rings is 5. The van der Waals surface area contributed by atoms with Crippen LogP contribution in [0.4, 0.5) is 46.0 Å². The molecule has 6 rings (SSSR count). The van der Waals surface area contributed by atoms with E-state index in [4.69, 9.17) is 11.6 Å². The van der Waals surface area contributed by atoms with Crippen molar-refractivity contribution in [1.29, 1.82) is 0 Å². The summed E-state index contributed by atoms with van der Waals surface area (Å²) in [5.41, 5.74) is -2.84. The molecular weight excluding hydrogens is 947 g/mol. The molecule has 23 nitrogen and oxygen atoms in total. The second-order valence-electron chi connectivity index (χ2n) is 11.1. The minimum atomic E-state index is -5.35. The van der Waals surface area contributed by atoms with Gasteiger partial charge in [-0.3, -0.25) is 20.2 Å². The molecule has 0 atom stereocenters. The van der Waals surface area contributed by atoms with Crippen LogP contribution in [0.15, 0.2) is 97.7 Å². The molecule has 0 fully saturated rings. The average Bonchev–Trinajstić information content (AvgIpc) is 3.09. The van der Waals surface area contributed by atoms with Crippen molar-refractivity contribution in [2.45, 2.75) is 14.7 Å². The van der Waals surface area contributed by atoms with Crippen molar-refractivity contribution < 1.29 is 208 Å². The van der Waals surface area contributed by atoms with E-state index in [9.17, 15) is 64.2 Å². The summed E-state index contributed by atoms with van der Waals surface area (Å²) in [6.45, 7) is 0. The van der Waals surface area contributed by atoms with Crippen molar-refractivity contribution in [3.05, 3.63) is 98.3 Å². The van der Waals surface area contributed by atoms with E-state index in [-0.39, 0.29) is 204 Å². The summed E-state index contributed by atoms with van der Waals surface area (Å²) in [7, 11) is -15.7. The molecule has 288 valence electrons. The molecule has 59 heavy (non-hydrogen) atoms. The minimum Gasteiger partial charge on any atom is -0.744 e. The number of phenols is 1. The number of fused-ring (bicyclic) bond motifs is 2. The third-order valence-electron chi connectivity index (χ3n) is 7.51. The van der Waals surface area contributed by atoms with Crippen LogP contribution in [0.3, 0.4) is 0 Å². The topological polar surface area (TPSA) is 366 Å². The minimum absolute atomic E-state index is 0. The zero-order valence-electron chi connectivity index (χ0n) is 29.9. The van der Waals surface area contributed by atoms with Gasteiger partial charge in [0.25, 0.3) is 5.69 Å². The van der Waals surface area contributed by atoms with E-state index in [0.29, 0.717) is 12.1 Å². The van der Waals surface area contributed by atoms with Crippen LogP contribution in [0.25, 0.3) is 21.5 Å². The molecule has 0 spiro atoms. The first-order valence-electron chi connectivity index (χ1n) is 14.6. The number of aromatic nitrogens is 3. The number of nitro groups is 2. The van der Waals surface area contributed by atoms with Gasteiger partial charge in [-0.25, -0.2) is 25.3 Å². The molecule has 0 radical (unpaired) electrons. The van der Waals surface area contributed by atoms with E-state index in [1.807, 2.05) is 0 Å². The van der Waals surface area contributed by atoms with Crippen LogP contribution in [0, 0.1) is 20.2 Å². The second-order valence-corrected chi connectivity index (χ2v) is 15.5. The molecule has 30 heteroatoms. The van der Waals surface area contributed by atoms with Crippen LogP contribution in [-0.4, -0.2) is 68.8 Å². The number of aromatic hydroxyl groups is 1. The fourth-order valence-electron chi connectivity index (χ4n) is 5.12. The standard InChI is InChI=1S/C29H18ClN9O14S3.3K/c30-27-33-28(31-15-3-5-19-14(7-15)8-18(54(45,46)47)12-23(19)55(48,49)50)35-29(34-27)32-16-2-1-13-9-24(56(51,52)53)25(26(40)20(13)10-16)37-36-21-6-4-17(38(41)42)11-22(21)39(43)44;;;/h1-12,40H,(H,45,46,47)(H,48,49,50)(H,51,52,53)(H2,31,32,33,34,35);;;/q;3*+1/p-3. The van der Waals surface area contributed by atoms with Gasteiger partial charge >= 0.3 is 160 Å². The number of nitrogens with one attached hydrogen (secondary N) is 2. The third-order valence-corrected chi connectivity index (χ3v) is 10.2. The second kappa shape index (κ2) is 20.2. The molecule has 3 N–H and O–H groups in total. The molecule has 1 heterocycles. The van der Waals surface area contributed by atoms with Crippen molar-refractivity contribution in [2.24, 2.45) is 10.2 Å². The molecule has 1 aromatic heterocycles. The number of halogens is 1. The number of nitro benzene ring substituents is 2. The van der Waals surface area contributed by atoms with Crippen LogP contribution in [-0.2, 0) is 30.4 Å². The molecule has 5 aromatic carbocycles. The fraction of sp³-hybridized carbons (Fsp3) is 0. The number of azo groups is 1. The third kappa shape index (κ3) is 12.3. The van der Waals surface area contributed by atoms with Crippen molar-refractivity contribution in [2.75, 3.05) is 10.6 Å². The predicted octanol–water partition coefficient (Wildman–Crippen LogP) is -4.02. The van der Waals surface area contributed by atoms with Crippen molar-refractivity contribution in [3.8, 4) is 5.75 Å². The Hall–Kier alpha value is -1.64. The number of nitrogens with zero attached hydrogens (tertiary/aromatic N) is 7. The summed E-state index contributed by atoms with van der Waals surface area (Å²) in [6, 6.07) is 12.0. The number of rotatable bonds is 11. The normalized spacial score (nSPS) is 11.7. The monoisotopic (exact) mass is 961 g/mol. The summed E-state index contributed by atoms with van der Waals surface area (Å²) in [5, 5.41) is 45.5. The van der Waals surface area contributed by atoms with Crippen LogP contribution in [0.1, 0.15) is 0 Å². The van der Waals surface area contributed by atoms with Crippen molar-refractivity contribution >= 4 is 110 Å². The van der Waals surface area contributed by atoms with Gasteiger partial charge in [-0.05, 0) is 76.3 Å².